The first kappa shape index (κ1) is 24.3. The number of sulfonamides is 1. The van der Waals surface area contributed by atoms with Gasteiger partial charge in [-0.05, 0) is 68.4 Å². The molecule has 8 nitrogen and oxygen atoms in total. The second kappa shape index (κ2) is 9.24. The molecule has 6 rings (SSSR count). The molecule has 1 saturated heterocycles. The van der Waals surface area contributed by atoms with Crippen LogP contribution in [-0.4, -0.2) is 63.0 Å². The molecule has 0 radical (unpaired) electrons. The molecule has 0 atom stereocenters. The highest BCUT2D eigenvalue weighted by Gasteiger charge is 2.51. The van der Waals surface area contributed by atoms with Crippen LogP contribution in [0.3, 0.4) is 0 Å². The van der Waals surface area contributed by atoms with E-state index in [9.17, 15) is 18.0 Å². The minimum Gasteiger partial charge on any atom is -0.452 e. The summed E-state index contributed by atoms with van der Waals surface area (Å²) in [6.07, 6.45) is 6.75. The van der Waals surface area contributed by atoms with Gasteiger partial charge in [-0.3, -0.25) is 4.79 Å². The molecule has 5 aliphatic rings. The number of amides is 1. The minimum atomic E-state index is -3.95. The maximum absolute atomic E-state index is 13.0. The Labute approximate surface area is 209 Å². The van der Waals surface area contributed by atoms with E-state index in [-0.39, 0.29) is 58.3 Å². The number of benzene rings is 1. The van der Waals surface area contributed by atoms with E-state index in [4.69, 9.17) is 32.7 Å². The fourth-order valence-corrected chi connectivity index (χ4v) is 8.85. The summed E-state index contributed by atoms with van der Waals surface area (Å²) in [7, 11) is -3.95. The van der Waals surface area contributed by atoms with Crippen molar-refractivity contribution in [1.29, 1.82) is 0 Å². The fourth-order valence-electron chi connectivity index (χ4n) is 6.61. The lowest BCUT2D eigenvalue weighted by Crippen LogP contribution is -2.60. The van der Waals surface area contributed by atoms with Crippen molar-refractivity contribution in [2.45, 2.75) is 49.0 Å². The first-order chi connectivity index (χ1) is 16.1. The number of nitrogens with one attached hydrogen (secondary N) is 1. The maximum Gasteiger partial charge on any atom is 0.340 e. The van der Waals surface area contributed by atoms with E-state index in [0.717, 1.165) is 25.3 Å². The lowest BCUT2D eigenvalue weighted by Gasteiger charge is -2.56. The van der Waals surface area contributed by atoms with Crippen LogP contribution in [0.25, 0.3) is 0 Å². The third kappa shape index (κ3) is 4.69. The molecular formula is C23H28Cl2N2O6S. The highest BCUT2D eigenvalue weighted by molar-refractivity contribution is 7.89. The fraction of sp³-hybridized carbons (Fsp3) is 0.652. The van der Waals surface area contributed by atoms with Crippen molar-refractivity contribution >= 4 is 45.1 Å². The number of morpholine rings is 1. The smallest absolute Gasteiger partial charge is 0.340 e. The van der Waals surface area contributed by atoms with Crippen molar-refractivity contribution in [2.75, 3.05) is 32.9 Å². The molecule has 0 unspecified atom stereocenters. The number of hydrogen-bond donors (Lipinski definition) is 1. The zero-order valence-corrected chi connectivity index (χ0v) is 21.1. The van der Waals surface area contributed by atoms with E-state index < -0.39 is 22.6 Å². The number of rotatable bonds is 6. The standard InChI is InChI=1S/C23H28Cl2N2O6S/c24-18-9-19(25)20(34(30,31)27-1-3-32-4-2-27)8-17(18)22(29)33-13-21(28)26-23-10-14-5-15(11-23)7-16(6-14)12-23/h8-9,14-16H,1-7,10-13H2,(H,26,28). The van der Waals surface area contributed by atoms with E-state index in [1.54, 1.807) is 0 Å². The van der Waals surface area contributed by atoms with Crippen LogP contribution < -0.4 is 5.32 Å². The minimum absolute atomic E-state index is 0.0441. The second-order valence-corrected chi connectivity index (χ2v) is 12.8. The van der Waals surface area contributed by atoms with Crippen LogP contribution >= 0.6 is 23.2 Å². The zero-order valence-electron chi connectivity index (χ0n) is 18.7. The number of carbonyl (C=O) groups excluding carboxylic acids is 2. The van der Waals surface area contributed by atoms with Gasteiger partial charge in [0.2, 0.25) is 10.0 Å². The number of ether oxygens (including phenoxy) is 2. The average Bonchev–Trinajstić information content (AvgIpc) is 2.76. The number of halogens is 2. The number of nitrogens with zero attached hydrogens (tertiary/aromatic N) is 1. The maximum atomic E-state index is 13.0. The highest BCUT2D eigenvalue weighted by Crippen LogP contribution is 2.55. The SMILES string of the molecule is O=C(COC(=O)c1cc(S(=O)(=O)N2CCOCC2)c(Cl)cc1Cl)NC12CC3CC(CC(C3)C1)C2. The Morgan fingerprint density at radius 2 is 1.62 bits per heavy atom. The van der Waals surface area contributed by atoms with Crippen LogP contribution in [0.5, 0.6) is 0 Å². The van der Waals surface area contributed by atoms with Crippen molar-refractivity contribution in [2.24, 2.45) is 17.8 Å². The van der Waals surface area contributed by atoms with Gasteiger partial charge in [-0.2, -0.15) is 4.31 Å². The summed E-state index contributed by atoms with van der Waals surface area (Å²) in [5.41, 5.74) is -0.337. The van der Waals surface area contributed by atoms with E-state index in [0.29, 0.717) is 17.8 Å². The summed E-state index contributed by atoms with van der Waals surface area (Å²) >= 11 is 12.4. The third-order valence-electron chi connectivity index (χ3n) is 7.61. The molecule has 0 aromatic heterocycles. The number of carbonyl (C=O) groups is 2. The molecule has 1 aliphatic heterocycles. The lowest BCUT2D eigenvalue weighted by atomic mass is 9.53. The van der Waals surface area contributed by atoms with E-state index >= 15 is 0 Å². The summed E-state index contributed by atoms with van der Waals surface area (Å²) in [6.45, 7) is 0.471. The molecule has 1 aromatic carbocycles. The topological polar surface area (TPSA) is 102 Å². The van der Waals surface area contributed by atoms with Crippen LogP contribution in [-0.2, 0) is 24.3 Å². The summed E-state index contributed by atoms with van der Waals surface area (Å²) < 4.78 is 37.8. The molecule has 1 N–H and O–H groups in total. The molecule has 5 fully saturated rings. The van der Waals surface area contributed by atoms with Gasteiger partial charge in [0.05, 0.1) is 28.8 Å². The van der Waals surface area contributed by atoms with Gasteiger partial charge < -0.3 is 14.8 Å². The molecule has 0 spiro atoms. The van der Waals surface area contributed by atoms with E-state index in [2.05, 4.69) is 5.32 Å². The number of esters is 1. The Balaban J connectivity index is 1.26. The molecule has 11 heteroatoms. The third-order valence-corrected chi connectivity index (χ3v) is 10.3. The molecular weight excluding hydrogens is 503 g/mol. The monoisotopic (exact) mass is 530 g/mol. The second-order valence-electron chi connectivity index (χ2n) is 10.1. The largest absolute Gasteiger partial charge is 0.452 e. The highest BCUT2D eigenvalue weighted by atomic mass is 35.5. The Bertz CT molecular complexity index is 1070. The molecule has 34 heavy (non-hydrogen) atoms. The van der Waals surface area contributed by atoms with Gasteiger partial charge in [-0.15, -0.1) is 0 Å². The molecule has 4 aliphatic carbocycles. The zero-order chi connectivity index (χ0) is 24.1. The van der Waals surface area contributed by atoms with Crippen molar-refractivity contribution in [3.05, 3.63) is 27.7 Å². The van der Waals surface area contributed by atoms with Crippen LogP contribution in [0.2, 0.25) is 10.0 Å². The molecule has 4 bridgehead atoms. The Kier molecular flexibility index (Phi) is 6.61. The van der Waals surface area contributed by atoms with Crippen molar-refractivity contribution in [3.63, 3.8) is 0 Å². The van der Waals surface area contributed by atoms with Crippen molar-refractivity contribution < 1.29 is 27.5 Å². The van der Waals surface area contributed by atoms with Crippen molar-refractivity contribution in [1.82, 2.24) is 9.62 Å². The molecule has 1 heterocycles. The van der Waals surface area contributed by atoms with E-state index in [1.165, 1.54) is 29.6 Å². The van der Waals surface area contributed by atoms with Gasteiger partial charge in [0, 0.05) is 18.6 Å². The predicted octanol–water partition coefficient (Wildman–Crippen LogP) is 3.26. The van der Waals surface area contributed by atoms with Gasteiger partial charge in [0.1, 0.15) is 4.90 Å². The molecule has 4 saturated carbocycles. The van der Waals surface area contributed by atoms with Gasteiger partial charge in [-0.1, -0.05) is 23.2 Å². The summed E-state index contributed by atoms with van der Waals surface area (Å²) in [6, 6.07) is 2.33. The van der Waals surface area contributed by atoms with Crippen LogP contribution in [0.4, 0.5) is 0 Å². The van der Waals surface area contributed by atoms with Crippen LogP contribution in [0, 0.1) is 17.8 Å². The normalized spacial score (nSPS) is 30.8. The summed E-state index contributed by atoms with van der Waals surface area (Å²) in [5, 5.41) is 3.01. The van der Waals surface area contributed by atoms with Crippen LogP contribution in [0.15, 0.2) is 17.0 Å². The molecule has 1 aromatic rings. The Morgan fingerprint density at radius 3 is 2.21 bits per heavy atom. The van der Waals surface area contributed by atoms with Gasteiger partial charge >= 0.3 is 5.97 Å². The van der Waals surface area contributed by atoms with Gasteiger partial charge in [0.25, 0.3) is 5.91 Å². The average molecular weight is 531 g/mol. The molecule has 1 amide bonds. The van der Waals surface area contributed by atoms with E-state index in [1.807, 2.05) is 0 Å². The first-order valence-corrected chi connectivity index (χ1v) is 13.9. The Morgan fingerprint density at radius 1 is 1.03 bits per heavy atom. The summed E-state index contributed by atoms with van der Waals surface area (Å²) in [5.74, 6) is 0.804. The van der Waals surface area contributed by atoms with Gasteiger partial charge in [-0.25, -0.2) is 13.2 Å². The number of hydrogen-bond acceptors (Lipinski definition) is 6. The first-order valence-electron chi connectivity index (χ1n) is 11.7. The summed E-state index contributed by atoms with van der Waals surface area (Å²) in [4.78, 5) is 25.2. The lowest BCUT2D eigenvalue weighted by molar-refractivity contribution is -0.130. The quantitative estimate of drug-likeness (QED) is 0.566. The van der Waals surface area contributed by atoms with Crippen molar-refractivity contribution in [3.8, 4) is 0 Å². The molecule has 186 valence electrons. The van der Waals surface area contributed by atoms with Gasteiger partial charge in [0.15, 0.2) is 6.61 Å². The van der Waals surface area contributed by atoms with Crippen LogP contribution in [0.1, 0.15) is 48.9 Å². The predicted molar refractivity (Wildman–Crippen MR) is 125 cm³/mol. The Hall–Kier alpha value is -1.39.